The van der Waals surface area contributed by atoms with Gasteiger partial charge in [0.1, 0.15) is 0 Å². The summed E-state index contributed by atoms with van der Waals surface area (Å²) < 4.78 is 0. The SMILES string of the molecule is CCNC1CCCCC1CN1CCCC(CO)C1. The smallest absolute Gasteiger partial charge is 0.0471 e. The summed E-state index contributed by atoms with van der Waals surface area (Å²) in [6.45, 7) is 7.29. The van der Waals surface area contributed by atoms with Gasteiger partial charge in [0.15, 0.2) is 0 Å². The number of hydrogen-bond acceptors (Lipinski definition) is 3. The first-order valence-corrected chi connectivity index (χ1v) is 7.90. The van der Waals surface area contributed by atoms with Gasteiger partial charge in [-0.3, -0.25) is 0 Å². The zero-order valence-corrected chi connectivity index (χ0v) is 11.9. The van der Waals surface area contributed by atoms with Crippen LogP contribution in [-0.2, 0) is 0 Å². The van der Waals surface area contributed by atoms with Gasteiger partial charge in [0.25, 0.3) is 0 Å². The highest BCUT2D eigenvalue weighted by atomic mass is 16.3. The highest BCUT2D eigenvalue weighted by Crippen LogP contribution is 2.27. The van der Waals surface area contributed by atoms with Crippen LogP contribution in [0.1, 0.15) is 45.4 Å². The van der Waals surface area contributed by atoms with E-state index >= 15 is 0 Å². The number of rotatable bonds is 5. The normalized spacial score (nSPS) is 34.7. The molecule has 18 heavy (non-hydrogen) atoms. The lowest BCUT2D eigenvalue weighted by molar-refractivity contribution is 0.0922. The molecule has 0 spiro atoms. The van der Waals surface area contributed by atoms with E-state index in [4.69, 9.17) is 0 Å². The van der Waals surface area contributed by atoms with Crippen molar-refractivity contribution in [3.63, 3.8) is 0 Å². The molecule has 2 N–H and O–H groups in total. The van der Waals surface area contributed by atoms with E-state index < -0.39 is 0 Å². The highest BCUT2D eigenvalue weighted by molar-refractivity contribution is 4.84. The van der Waals surface area contributed by atoms with E-state index in [1.807, 2.05) is 0 Å². The third-order valence-electron chi connectivity index (χ3n) is 4.73. The zero-order chi connectivity index (χ0) is 12.8. The fourth-order valence-corrected chi connectivity index (χ4v) is 3.75. The molecule has 3 unspecified atom stereocenters. The van der Waals surface area contributed by atoms with Gasteiger partial charge in [-0.2, -0.15) is 0 Å². The van der Waals surface area contributed by atoms with Crippen molar-refractivity contribution in [2.24, 2.45) is 11.8 Å². The first-order chi connectivity index (χ1) is 8.83. The van der Waals surface area contributed by atoms with E-state index in [1.165, 1.54) is 51.6 Å². The third kappa shape index (κ3) is 3.94. The van der Waals surface area contributed by atoms with Gasteiger partial charge in [-0.05, 0) is 50.6 Å². The molecular weight excluding hydrogens is 224 g/mol. The van der Waals surface area contributed by atoms with Crippen LogP contribution in [0.4, 0.5) is 0 Å². The van der Waals surface area contributed by atoms with Crippen LogP contribution in [0.15, 0.2) is 0 Å². The molecule has 0 amide bonds. The Kier molecular flexibility index (Phi) is 5.93. The molecule has 106 valence electrons. The molecule has 2 aliphatic rings. The van der Waals surface area contributed by atoms with Gasteiger partial charge in [0.2, 0.25) is 0 Å². The van der Waals surface area contributed by atoms with Gasteiger partial charge in [0, 0.05) is 25.7 Å². The molecule has 3 nitrogen and oxygen atoms in total. The molecule has 1 heterocycles. The Hall–Kier alpha value is -0.120. The molecule has 1 aliphatic carbocycles. The summed E-state index contributed by atoms with van der Waals surface area (Å²) in [5, 5.41) is 13.0. The van der Waals surface area contributed by atoms with Gasteiger partial charge in [-0.25, -0.2) is 0 Å². The number of hydrogen-bond donors (Lipinski definition) is 2. The standard InChI is InChI=1S/C15H30N2O/c1-2-16-15-8-4-3-7-14(15)11-17-9-5-6-13(10-17)12-18/h13-16,18H,2-12H2,1H3. The Labute approximate surface area is 112 Å². The zero-order valence-electron chi connectivity index (χ0n) is 11.9. The van der Waals surface area contributed by atoms with Crippen molar-refractivity contribution in [3.8, 4) is 0 Å². The predicted molar refractivity (Wildman–Crippen MR) is 75.7 cm³/mol. The molecule has 3 atom stereocenters. The van der Waals surface area contributed by atoms with Gasteiger partial charge in [0.05, 0.1) is 0 Å². The molecule has 2 rings (SSSR count). The summed E-state index contributed by atoms with van der Waals surface area (Å²) in [6.07, 6.45) is 8.03. The van der Waals surface area contributed by atoms with Crippen molar-refractivity contribution >= 4 is 0 Å². The number of aliphatic hydroxyl groups is 1. The fourth-order valence-electron chi connectivity index (χ4n) is 3.75. The van der Waals surface area contributed by atoms with Crippen LogP contribution < -0.4 is 5.32 Å². The number of nitrogens with one attached hydrogen (secondary N) is 1. The van der Waals surface area contributed by atoms with Crippen molar-refractivity contribution in [1.29, 1.82) is 0 Å². The molecule has 0 aromatic rings. The van der Waals surface area contributed by atoms with Crippen molar-refractivity contribution in [3.05, 3.63) is 0 Å². The van der Waals surface area contributed by atoms with Crippen LogP contribution in [0.5, 0.6) is 0 Å². The molecule has 2 fully saturated rings. The Morgan fingerprint density at radius 2 is 2.00 bits per heavy atom. The molecule has 1 saturated carbocycles. The van der Waals surface area contributed by atoms with E-state index in [1.54, 1.807) is 0 Å². The maximum Gasteiger partial charge on any atom is 0.0471 e. The van der Waals surface area contributed by atoms with E-state index in [-0.39, 0.29) is 0 Å². The van der Waals surface area contributed by atoms with Crippen molar-refractivity contribution < 1.29 is 5.11 Å². The van der Waals surface area contributed by atoms with E-state index in [2.05, 4.69) is 17.1 Å². The van der Waals surface area contributed by atoms with Crippen LogP contribution in [0, 0.1) is 11.8 Å². The second-order valence-electron chi connectivity index (χ2n) is 6.16. The minimum absolute atomic E-state index is 0.373. The molecule has 0 aromatic carbocycles. The topological polar surface area (TPSA) is 35.5 Å². The van der Waals surface area contributed by atoms with Crippen LogP contribution >= 0.6 is 0 Å². The first kappa shape index (κ1) is 14.3. The molecule has 0 radical (unpaired) electrons. The maximum absolute atomic E-state index is 9.31. The summed E-state index contributed by atoms with van der Waals surface area (Å²) in [6, 6.07) is 0.734. The Balaban J connectivity index is 1.82. The van der Waals surface area contributed by atoms with Crippen LogP contribution in [-0.4, -0.2) is 48.8 Å². The van der Waals surface area contributed by atoms with Crippen LogP contribution in [0.25, 0.3) is 0 Å². The molecule has 0 bridgehead atoms. The predicted octanol–water partition coefficient (Wildman–Crippen LogP) is 1.86. The molecule has 0 aromatic heterocycles. The average molecular weight is 254 g/mol. The Morgan fingerprint density at radius 1 is 1.17 bits per heavy atom. The van der Waals surface area contributed by atoms with E-state index in [0.29, 0.717) is 12.5 Å². The quantitative estimate of drug-likeness (QED) is 0.786. The minimum atomic E-state index is 0.373. The summed E-state index contributed by atoms with van der Waals surface area (Å²) in [4.78, 5) is 2.60. The summed E-state index contributed by atoms with van der Waals surface area (Å²) in [7, 11) is 0. The lowest BCUT2D eigenvalue weighted by Crippen LogP contribution is -2.46. The van der Waals surface area contributed by atoms with Crippen molar-refractivity contribution in [1.82, 2.24) is 10.2 Å². The molecule has 1 saturated heterocycles. The lowest BCUT2D eigenvalue weighted by Gasteiger charge is -2.39. The molecular formula is C15H30N2O. The van der Waals surface area contributed by atoms with Crippen molar-refractivity contribution in [2.45, 2.75) is 51.5 Å². The number of aliphatic hydroxyl groups excluding tert-OH is 1. The van der Waals surface area contributed by atoms with Gasteiger partial charge < -0.3 is 15.3 Å². The lowest BCUT2D eigenvalue weighted by atomic mass is 9.83. The third-order valence-corrected chi connectivity index (χ3v) is 4.73. The monoisotopic (exact) mass is 254 g/mol. The van der Waals surface area contributed by atoms with Gasteiger partial charge in [-0.15, -0.1) is 0 Å². The summed E-state index contributed by atoms with van der Waals surface area (Å²) >= 11 is 0. The number of nitrogens with zero attached hydrogens (tertiary/aromatic N) is 1. The molecule has 3 heteroatoms. The number of likely N-dealkylation sites (tertiary alicyclic amines) is 1. The maximum atomic E-state index is 9.31. The Bertz CT molecular complexity index is 233. The van der Waals surface area contributed by atoms with Crippen LogP contribution in [0.2, 0.25) is 0 Å². The summed E-state index contributed by atoms with van der Waals surface area (Å²) in [5.41, 5.74) is 0. The largest absolute Gasteiger partial charge is 0.396 e. The molecule has 1 aliphatic heterocycles. The minimum Gasteiger partial charge on any atom is -0.396 e. The average Bonchev–Trinajstić information content (AvgIpc) is 2.41. The second kappa shape index (κ2) is 7.46. The number of piperidine rings is 1. The van der Waals surface area contributed by atoms with Gasteiger partial charge >= 0.3 is 0 Å². The van der Waals surface area contributed by atoms with Gasteiger partial charge in [-0.1, -0.05) is 19.8 Å². The first-order valence-electron chi connectivity index (χ1n) is 7.90. The van der Waals surface area contributed by atoms with Crippen molar-refractivity contribution in [2.75, 3.05) is 32.8 Å². The fraction of sp³-hybridized carbons (Fsp3) is 1.00. The van der Waals surface area contributed by atoms with E-state index in [9.17, 15) is 5.11 Å². The van der Waals surface area contributed by atoms with Crippen LogP contribution in [0.3, 0.4) is 0 Å². The highest BCUT2D eigenvalue weighted by Gasteiger charge is 2.28. The summed E-state index contributed by atoms with van der Waals surface area (Å²) in [5.74, 6) is 1.36. The second-order valence-corrected chi connectivity index (χ2v) is 6.16. The van der Waals surface area contributed by atoms with E-state index in [0.717, 1.165) is 25.0 Å². The Morgan fingerprint density at radius 3 is 2.78 bits per heavy atom.